The number of anilines is 1. The van der Waals surface area contributed by atoms with Crippen LogP contribution in [0.3, 0.4) is 0 Å². The zero-order valence-corrected chi connectivity index (χ0v) is 10.1. The van der Waals surface area contributed by atoms with Crippen molar-refractivity contribution in [3.8, 4) is 0 Å². The third kappa shape index (κ3) is 1.24. The molecule has 3 nitrogen and oxygen atoms in total. The number of hydrogen-bond acceptors (Lipinski definition) is 2. The highest BCUT2D eigenvalue weighted by atomic mass is 15.3. The molecule has 0 bridgehead atoms. The number of fused-ring (bicyclic) bond motifs is 1. The Morgan fingerprint density at radius 2 is 2.06 bits per heavy atom. The Bertz CT molecular complexity index is 535. The van der Waals surface area contributed by atoms with Gasteiger partial charge in [-0.3, -0.25) is 4.68 Å². The first-order valence-corrected chi connectivity index (χ1v) is 5.84. The van der Waals surface area contributed by atoms with E-state index >= 15 is 0 Å². The van der Waals surface area contributed by atoms with Gasteiger partial charge in [0, 0.05) is 25.5 Å². The van der Waals surface area contributed by atoms with E-state index in [4.69, 9.17) is 0 Å². The molecule has 0 unspecified atom stereocenters. The fourth-order valence-corrected chi connectivity index (χ4v) is 2.64. The highest BCUT2D eigenvalue weighted by Gasteiger charge is 2.25. The molecule has 1 aromatic carbocycles. The maximum Gasteiger partial charge on any atom is 0.0915 e. The molecule has 16 heavy (non-hydrogen) atoms. The van der Waals surface area contributed by atoms with Crippen LogP contribution in [0.4, 0.5) is 5.69 Å². The second-order valence-corrected chi connectivity index (χ2v) is 4.89. The number of nitrogens with zero attached hydrogens (tertiary/aromatic N) is 3. The maximum absolute atomic E-state index is 4.50. The molecule has 0 atom stereocenters. The van der Waals surface area contributed by atoms with Crippen molar-refractivity contribution in [2.75, 3.05) is 18.0 Å². The number of para-hydroxylation sites is 1. The summed E-state index contributed by atoms with van der Waals surface area (Å²) in [6, 6.07) is 6.50. The van der Waals surface area contributed by atoms with E-state index in [0.717, 1.165) is 11.6 Å². The smallest absolute Gasteiger partial charge is 0.0915 e. The highest BCUT2D eigenvalue weighted by molar-refractivity contribution is 5.93. The van der Waals surface area contributed by atoms with Gasteiger partial charge in [-0.25, -0.2) is 0 Å². The molecule has 0 aliphatic carbocycles. The molecule has 84 valence electrons. The van der Waals surface area contributed by atoms with Gasteiger partial charge < -0.3 is 4.90 Å². The van der Waals surface area contributed by atoms with Gasteiger partial charge in [0.25, 0.3) is 0 Å². The van der Waals surface area contributed by atoms with Gasteiger partial charge in [-0.05, 0) is 18.9 Å². The lowest BCUT2D eigenvalue weighted by Crippen LogP contribution is -2.45. The van der Waals surface area contributed by atoms with Crippen LogP contribution in [0.2, 0.25) is 0 Å². The van der Waals surface area contributed by atoms with E-state index in [1.807, 2.05) is 11.7 Å². The Hall–Kier alpha value is -1.51. The molecule has 0 amide bonds. The van der Waals surface area contributed by atoms with Crippen LogP contribution in [0.5, 0.6) is 0 Å². The Balaban J connectivity index is 2.17. The largest absolute Gasteiger partial charge is 0.369 e. The van der Waals surface area contributed by atoms with Crippen molar-refractivity contribution in [2.45, 2.75) is 13.8 Å². The summed E-state index contributed by atoms with van der Waals surface area (Å²) in [7, 11) is 2.03. The predicted octanol–water partition coefficient (Wildman–Crippen LogP) is 2.34. The van der Waals surface area contributed by atoms with E-state index in [9.17, 15) is 0 Å². The molecule has 1 aliphatic heterocycles. The molecular weight excluding hydrogens is 198 g/mol. The summed E-state index contributed by atoms with van der Waals surface area (Å²) < 4.78 is 2.00. The van der Waals surface area contributed by atoms with Gasteiger partial charge in [0.05, 0.1) is 16.9 Å². The molecular formula is C13H17N3. The van der Waals surface area contributed by atoms with E-state index in [2.05, 4.69) is 42.0 Å². The molecule has 2 heterocycles. The summed E-state index contributed by atoms with van der Waals surface area (Å²) in [6.45, 7) is 6.71. The van der Waals surface area contributed by atoms with Crippen LogP contribution in [0, 0.1) is 12.8 Å². The van der Waals surface area contributed by atoms with Crippen LogP contribution in [0.1, 0.15) is 12.6 Å². The van der Waals surface area contributed by atoms with E-state index < -0.39 is 0 Å². The third-order valence-corrected chi connectivity index (χ3v) is 3.43. The van der Waals surface area contributed by atoms with Crippen molar-refractivity contribution in [1.82, 2.24) is 9.78 Å². The topological polar surface area (TPSA) is 21.1 Å². The average Bonchev–Trinajstić information content (AvgIpc) is 2.51. The number of hydrogen-bond donors (Lipinski definition) is 0. The monoisotopic (exact) mass is 215 g/mol. The van der Waals surface area contributed by atoms with Crippen molar-refractivity contribution in [3.63, 3.8) is 0 Å². The van der Waals surface area contributed by atoms with Crippen LogP contribution in [-0.4, -0.2) is 22.9 Å². The fraction of sp³-hybridized carbons (Fsp3) is 0.462. The molecule has 3 rings (SSSR count). The van der Waals surface area contributed by atoms with E-state index in [1.165, 1.54) is 29.7 Å². The van der Waals surface area contributed by atoms with Gasteiger partial charge >= 0.3 is 0 Å². The van der Waals surface area contributed by atoms with Gasteiger partial charge in [0.15, 0.2) is 0 Å². The van der Waals surface area contributed by atoms with Crippen LogP contribution in [0.25, 0.3) is 10.9 Å². The number of benzene rings is 1. The summed E-state index contributed by atoms with van der Waals surface area (Å²) in [4.78, 5) is 2.44. The lowest BCUT2D eigenvalue weighted by Gasteiger charge is -2.39. The van der Waals surface area contributed by atoms with E-state index in [-0.39, 0.29) is 0 Å². The Morgan fingerprint density at radius 1 is 1.31 bits per heavy atom. The van der Waals surface area contributed by atoms with Crippen molar-refractivity contribution in [3.05, 3.63) is 23.9 Å². The lowest BCUT2D eigenvalue weighted by atomic mass is 10.0. The first kappa shape index (κ1) is 9.70. The van der Waals surface area contributed by atoms with Crippen molar-refractivity contribution in [1.29, 1.82) is 0 Å². The van der Waals surface area contributed by atoms with Crippen molar-refractivity contribution < 1.29 is 0 Å². The number of aromatic nitrogens is 2. The second kappa shape index (κ2) is 3.24. The Morgan fingerprint density at radius 3 is 2.75 bits per heavy atom. The summed E-state index contributed by atoms with van der Waals surface area (Å²) >= 11 is 0. The van der Waals surface area contributed by atoms with Crippen molar-refractivity contribution in [2.24, 2.45) is 13.0 Å². The summed E-state index contributed by atoms with van der Waals surface area (Å²) in [5.74, 6) is 0.824. The zero-order chi connectivity index (χ0) is 11.3. The van der Waals surface area contributed by atoms with Crippen LogP contribution >= 0.6 is 0 Å². The summed E-state index contributed by atoms with van der Waals surface area (Å²) in [6.07, 6.45) is 0. The van der Waals surface area contributed by atoms with Crippen LogP contribution in [0.15, 0.2) is 18.2 Å². The summed E-state index contributed by atoms with van der Waals surface area (Å²) in [5.41, 5.74) is 3.72. The minimum atomic E-state index is 0.824. The van der Waals surface area contributed by atoms with Gasteiger partial charge in [-0.2, -0.15) is 5.10 Å². The first-order chi connectivity index (χ1) is 7.66. The molecule has 3 heteroatoms. The molecule has 0 radical (unpaired) electrons. The fourth-order valence-electron chi connectivity index (χ4n) is 2.64. The number of aryl methyl sites for hydroxylation is 2. The van der Waals surface area contributed by atoms with Crippen LogP contribution < -0.4 is 4.90 Å². The first-order valence-electron chi connectivity index (χ1n) is 5.84. The maximum atomic E-state index is 4.50. The minimum Gasteiger partial charge on any atom is -0.369 e. The molecule has 0 N–H and O–H groups in total. The van der Waals surface area contributed by atoms with Crippen molar-refractivity contribution >= 4 is 16.6 Å². The van der Waals surface area contributed by atoms with Gasteiger partial charge in [0.2, 0.25) is 0 Å². The van der Waals surface area contributed by atoms with Gasteiger partial charge in [-0.15, -0.1) is 0 Å². The third-order valence-electron chi connectivity index (χ3n) is 3.43. The standard InChI is InChI=1S/C13H17N3/c1-9-7-16(8-9)12-6-4-5-11-10(2)14-15(3)13(11)12/h4-6,9H,7-8H2,1-3H3. The molecule has 1 aromatic heterocycles. The molecule has 1 fully saturated rings. The van der Waals surface area contributed by atoms with Crippen LogP contribution in [-0.2, 0) is 7.05 Å². The lowest BCUT2D eigenvalue weighted by molar-refractivity contribution is 0.448. The highest BCUT2D eigenvalue weighted by Crippen LogP contribution is 2.32. The Kier molecular flexibility index (Phi) is 1.96. The minimum absolute atomic E-state index is 0.824. The van der Waals surface area contributed by atoms with E-state index in [0.29, 0.717) is 0 Å². The zero-order valence-electron chi connectivity index (χ0n) is 10.1. The molecule has 1 aliphatic rings. The molecule has 1 saturated heterocycles. The van der Waals surface area contributed by atoms with Gasteiger partial charge in [0.1, 0.15) is 0 Å². The summed E-state index contributed by atoms with van der Waals surface area (Å²) in [5, 5.41) is 5.78. The number of rotatable bonds is 1. The normalized spacial score (nSPS) is 16.8. The Labute approximate surface area is 95.7 Å². The van der Waals surface area contributed by atoms with Gasteiger partial charge in [-0.1, -0.05) is 19.1 Å². The quantitative estimate of drug-likeness (QED) is 0.728. The molecule has 0 spiro atoms. The van der Waals surface area contributed by atoms with E-state index in [1.54, 1.807) is 0 Å². The predicted molar refractivity (Wildman–Crippen MR) is 66.8 cm³/mol. The average molecular weight is 215 g/mol. The SMILES string of the molecule is Cc1nn(C)c2c(N3CC(C)C3)cccc12. The second-order valence-electron chi connectivity index (χ2n) is 4.89. The molecule has 0 saturated carbocycles. The molecule has 2 aromatic rings.